The van der Waals surface area contributed by atoms with Gasteiger partial charge in [0.05, 0.1) is 7.11 Å². The first-order chi connectivity index (χ1) is 10.8. The Labute approximate surface area is 137 Å². The smallest absolute Gasteiger partial charge is 0.220 e. The topological polar surface area (TPSA) is 26.3 Å². The van der Waals surface area contributed by atoms with Crippen LogP contribution in [-0.4, -0.2) is 7.11 Å². The number of hydrogen-bond donors (Lipinski definition) is 0. The van der Waals surface area contributed by atoms with Crippen LogP contribution in [0.4, 0.5) is 0 Å². The Kier molecular flexibility index (Phi) is 4.71. The van der Waals surface area contributed by atoms with E-state index in [9.17, 15) is 4.79 Å². The Balaban J connectivity index is 2.02. The second-order valence-electron chi connectivity index (χ2n) is 4.99. The van der Waals surface area contributed by atoms with Crippen LogP contribution in [0.25, 0.3) is 0 Å². The molecule has 0 atom stereocenters. The monoisotopic (exact) mass is 328 g/mol. The highest BCUT2D eigenvalue weighted by Crippen LogP contribution is 2.22. The van der Waals surface area contributed by atoms with Gasteiger partial charge in [0.15, 0.2) is 5.75 Å². The quantitative estimate of drug-likeness (QED) is 0.695. The summed E-state index contributed by atoms with van der Waals surface area (Å²) in [6.45, 7) is 0. The molecule has 4 heteroatoms. The molecule has 3 rings (SSSR count). The lowest BCUT2D eigenvalue weighted by Gasteiger charge is -2.04. The second-order valence-corrected chi connectivity index (χ2v) is 7.05. The lowest BCUT2D eigenvalue weighted by atomic mass is 10.1. The average molecular weight is 328 g/mol. The maximum absolute atomic E-state index is 12.2. The fraction of sp³-hybridized carbons (Fsp3) is 0.167. The third-order valence-corrected chi connectivity index (χ3v) is 5.18. The fourth-order valence-electron chi connectivity index (χ4n) is 2.44. The Morgan fingerprint density at radius 3 is 2.23 bits per heavy atom. The standard InChI is InChI=1S/C18H16O2S2/c1-20-18-14(12-16-5-3-9-22-16)10-13(6-7-17(18)19)11-15-4-2-8-21-15/h2-10H,11-12H2,1H3. The van der Waals surface area contributed by atoms with E-state index in [1.807, 2.05) is 12.1 Å². The molecule has 0 fully saturated rings. The molecule has 2 nitrogen and oxygen atoms in total. The molecule has 0 spiro atoms. The van der Waals surface area contributed by atoms with E-state index in [-0.39, 0.29) is 5.43 Å². The number of thiophene rings is 2. The number of rotatable bonds is 5. The van der Waals surface area contributed by atoms with Crippen LogP contribution in [0.2, 0.25) is 0 Å². The highest BCUT2D eigenvalue weighted by molar-refractivity contribution is 7.10. The lowest BCUT2D eigenvalue weighted by Crippen LogP contribution is -2.03. The van der Waals surface area contributed by atoms with Gasteiger partial charge in [0.25, 0.3) is 0 Å². The SMILES string of the molecule is COc1c(Cc2cccs2)cc(Cc2cccs2)ccc1=O. The normalized spacial score (nSPS) is 10.6. The summed E-state index contributed by atoms with van der Waals surface area (Å²) in [5.74, 6) is 0.450. The molecule has 0 aliphatic heterocycles. The molecule has 2 aromatic heterocycles. The second kappa shape index (κ2) is 6.90. The molecular weight excluding hydrogens is 312 g/mol. The van der Waals surface area contributed by atoms with Crippen molar-refractivity contribution >= 4 is 22.7 Å². The van der Waals surface area contributed by atoms with Gasteiger partial charge in [-0.05, 0) is 34.5 Å². The molecule has 2 heterocycles. The highest BCUT2D eigenvalue weighted by Gasteiger charge is 2.09. The van der Waals surface area contributed by atoms with Gasteiger partial charge >= 0.3 is 0 Å². The van der Waals surface area contributed by atoms with Crippen molar-refractivity contribution < 1.29 is 4.74 Å². The van der Waals surface area contributed by atoms with Gasteiger partial charge in [-0.2, -0.15) is 0 Å². The van der Waals surface area contributed by atoms with Gasteiger partial charge in [0.1, 0.15) is 0 Å². The molecule has 22 heavy (non-hydrogen) atoms. The Hall–Kier alpha value is -1.91. The van der Waals surface area contributed by atoms with Crippen molar-refractivity contribution in [3.63, 3.8) is 0 Å². The molecule has 1 aromatic carbocycles. The lowest BCUT2D eigenvalue weighted by molar-refractivity contribution is 0.407. The molecule has 0 unspecified atom stereocenters. The van der Waals surface area contributed by atoms with Gasteiger partial charge < -0.3 is 4.74 Å². The molecule has 0 saturated heterocycles. The van der Waals surface area contributed by atoms with Crippen LogP contribution in [0, 0.1) is 0 Å². The fourth-order valence-corrected chi connectivity index (χ4v) is 3.91. The summed E-state index contributed by atoms with van der Waals surface area (Å²) < 4.78 is 5.37. The largest absolute Gasteiger partial charge is 0.492 e. The van der Waals surface area contributed by atoms with Crippen molar-refractivity contribution in [2.75, 3.05) is 7.11 Å². The van der Waals surface area contributed by atoms with Crippen LogP contribution in [-0.2, 0) is 12.8 Å². The van der Waals surface area contributed by atoms with Gasteiger partial charge in [-0.15, -0.1) is 22.7 Å². The summed E-state index contributed by atoms with van der Waals surface area (Å²) in [6.07, 6.45) is 1.56. The minimum atomic E-state index is -0.0634. The summed E-state index contributed by atoms with van der Waals surface area (Å²) >= 11 is 3.43. The Morgan fingerprint density at radius 2 is 1.64 bits per heavy atom. The summed E-state index contributed by atoms with van der Waals surface area (Å²) in [7, 11) is 1.56. The van der Waals surface area contributed by atoms with Gasteiger partial charge in [-0.3, -0.25) is 4.79 Å². The highest BCUT2D eigenvalue weighted by atomic mass is 32.1. The average Bonchev–Trinajstić information content (AvgIpc) is 3.16. The zero-order valence-corrected chi connectivity index (χ0v) is 13.9. The van der Waals surface area contributed by atoms with Crippen molar-refractivity contribution in [3.05, 3.63) is 84.3 Å². The molecule has 0 N–H and O–H groups in total. The maximum atomic E-state index is 12.2. The third kappa shape index (κ3) is 3.46. The molecule has 0 saturated carbocycles. The zero-order chi connectivity index (χ0) is 15.4. The predicted molar refractivity (Wildman–Crippen MR) is 93.5 cm³/mol. The van der Waals surface area contributed by atoms with E-state index in [2.05, 4.69) is 35.0 Å². The molecule has 0 aliphatic rings. The van der Waals surface area contributed by atoms with Crippen LogP contribution in [0.1, 0.15) is 20.9 Å². The van der Waals surface area contributed by atoms with Gasteiger partial charge in [-0.25, -0.2) is 0 Å². The van der Waals surface area contributed by atoms with Crippen molar-refractivity contribution in [1.82, 2.24) is 0 Å². The van der Waals surface area contributed by atoms with Crippen LogP contribution < -0.4 is 10.2 Å². The van der Waals surface area contributed by atoms with Crippen molar-refractivity contribution in [2.24, 2.45) is 0 Å². The first-order valence-corrected chi connectivity index (χ1v) is 8.77. The van der Waals surface area contributed by atoms with Crippen LogP contribution in [0.5, 0.6) is 5.75 Å². The third-order valence-electron chi connectivity index (χ3n) is 3.43. The van der Waals surface area contributed by atoms with Gasteiger partial charge in [0.2, 0.25) is 5.43 Å². The van der Waals surface area contributed by atoms with Crippen molar-refractivity contribution in [1.29, 1.82) is 0 Å². The molecule has 0 bridgehead atoms. The minimum absolute atomic E-state index is 0.0634. The van der Waals surface area contributed by atoms with Gasteiger partial charge in [-0.1, -0.05) is 24.3 Å². The van der Waals surface area contributed by atoms with Crippen LogP contribution in [0.15, 0.2) is 58.0 Å². The summed E-state index contributed by atoms with van der Waals surface area (Å²) in [4.78, 5) is 14.8. The van der Waals surface area contributed by atoms with Gasteiger partial charge in [0, 0.05) is 28.2 Å². The van der Waals surface area contributed by atoms with E-state index in [0.717, 1.165) is 24.0 Å². The molecular formula is C18H16O2S2. The molecule has 0 aliphatic carbocycles. The van der Waals surface area contributed by atoms with Crippen molar-refractivity contribution in [3.8, 4) is 5.75 Å². The summed E-state index contributed by atoms with van der Waals surface area (Å²) in [5.41, 5.74) is 2.02. The minimum Gasteiger partial charge on any atom is -0.492 e. The first-order valence-electron chi connectivity index (χ1n) is 7.01. The molecule has 0 radical (unpaired) electrons. The van der Waals surface area contributed by atoms with E-state index in [1.54, 1.807) is 35.8 Å². The number of ether oxygens (including phenoxy) is 1. The maximum Gasteiger partial charge on any atom is 0.220 e. The van der Waals surface area contributed by atoms with E-state index in [1.165, 1.54) is 9.75 Å². The zero-order valence-electron chi connectivity index (χ0n) is 12.2. The van der Waals surface area contributed by atoms with Crippen LogP contribution >= 0.6 is 22.7 Å². The number of methoxy groups -OCH3 is 1. The van der Waals surface area contributed by atoms with E-state index in [0.29, 0.717) is 5.75 Å². The molecule has 112 valence electrons. The van der Waals surface area contributed by atoms with Crippen molar-refractivity contribution in [2.45, 2.75) is 12.8 Å². The first kappa shape index (κ1) is 15.0. The van der Waals surface area contributed by atoms with Crippen LogP contribution in [0.3, 0.4) is 0 Å². The van der Waals surface area contributed by atoms with E-state index < -0.39 is 0 Å². The summed E-state index contributed by atoms with van der Waals surface area (Å²) in [6, 6.07) is 13.9. The number of hydrogen-bond acceptors (Lipinski definition) is 4. The molecule has 0 amide bonds. The Morgan fingerprint density at radius 1 is 0.955 bits per heavy atom. The molecule has 3 aromatic rings. The predicted octanol–water partition coefficient (Wildman–Crippen LogP) is 4.36. The van der Waals surface area contributed by atoms with E-state index >= 15 is 0 Å². The Bertz CT molecular complexity index is 790. The van der Waals surface area contributed by atoms with E-state index in [4.69, 9.17) is 4.74 Å². The summed E-state index contributed by atoms with van der Waals surface area (Å²) in [5, 5.41) is 4.12.